The van der Waals surface area contributed by atoms with E-state index in [1.165, 1.54) is 11.6 Å². The zero-order valence-electron chi connectivity index (χ0n) is 8.46. The maximum absolute atomic E-state index is 10.7. The van der Waals surface area contributed by atoms with Gasteiger partial charge in [-0.3, -0.25) is 0 Å². The fraction of sp³-hybridized carbons (Fsp3) is 0.500. The van der Waals surface area contributed by atoms with E-state index in [2.05, 4.69) is 10.9 Å². The third kappa shape index (κ3) is 7.28. The molecule has 0 fully saturated rings. The third-order valence-corrected chi connectivity index (χ3v) is 1.57. The highest BCUT2D eigenvalue weighted by molar-refractivity contribution is 5.82. The Hall–Kier alpha value is -1.09. The maximum atomic E-state index is 10.7. The summed E-state index contributed by atoms with van der Waals surface area (Å²) in [6, 6.07) is 0. The summed E-state index contributed by atoms with van der Waals surface area (Å²) in [6.45, 7) is 5.98. The Morgan fingerprint density at radius 2 is 2.00 bits per heavy atom. The first-order valence-corrected chi connectivity index (χ1v) is 4.27. The van der Waals surface area contributed by atoms with Crippen LogP contribution in [-0.4, -0.2) is 5.97 Å². The molecule has 2 N–H and O–H groups in total. The lowest BCUT2D eigenvalue weighted by Gasteiger charge is -1.97. The van der Waals surface area contributed by atoms with E-state index in [-0.39, 0.29) is 0 Å². The third-order valence-electron chi connectivity index (χ3n) is 1.57. The molecular weight excluding hydrogens is 166 g/mol. The van der Waals surface area contributed by atoms with Crippen LogP contribution in [0.15, 0.2) is 23.3 Å². The quantitative estimate of drug-likeness (QED) is 0.412. The molecule has 0 saturated heterocycles. The van der Waals surface area contributed by atoms with Crippen molar-refractivity contribution in [3.8, 4) is 0 Å². The first-order valence-electron chi connectivity index (χ1n) is 4.27. The molecule has 0 aliphatic heterocycles. The van der Waals surface area contributed by atoms with Crippen LogP contribution in [0, 0.1) is 0 Å². The first-order chi connectivity index (χ1) is 6.06. The molecule has 0 bridgehead atoms. The molecule has 74 valence electrons. The Balaban J connectivity index is 3.87. The molecule has 0 saturated carbocycles. The lowest BCUT2D eigenvalue weighted by atomic mass is 10.1. The summed E-state index contributed by atoms with van der Waals surface area (Å²) in [5.41, 5.74) is 2.27. The van der Waals surface area contributed by atoms with E-state index in [1.807, 2.05) is 20.8 Å². The van der Waals surface area contributed by atoms with Crippen molar-refractivity contribution in [3.63, 3.8) is 0 Å². The molecule has 0 amide bonds. The van der Waals surface area contributed by atoms with Crippen molar-refractivity contribution in [2.24, 2.45) is 5.90 Å². The molecule has 0 aromatic rings. The van der Waals surface area contributed by atoms with Crippen molar-refractivity contribution in [2.75, 3.05) is 0 Å². The number of carbonyl (C=O) groups is 1. The molecule has 0 atom stereocenters. The fourth-order valence-corrected chi connectivity index (χ4v) is 0.896. The topological polar surface area (TPSA) is 52.3 Å². The second-order valence-corrected chi connectivity index (χ2v) is 3.25. The van der Waals surface area contributed by atoms with Crippen LogP contribution < -0.4 is 5.90 Å². The van der Waals surface area contributed by atoms with Gasteiger partial charge >= 0.3 is 5.97 Å². The molecule has 0 radical (unpaired) electrons. The molecule has 0 aliphatic rings. The molecule has 0 unspecified atom stereocenters. The van der Waals surface area contributed by atoms with E-state index in [0.29, 0.717) is 0 Å². The van der Waals surface area contributed by atoms with Gasteiger partial charge in [-0.25, -0.2) is 4.79 Å². The van der Waals surface area contributed by atoms with E-state index in [0.717, 1.165) is 18.4 Å². The summed E-state index contributed by atoms with van der Waals surface area (Å²) in [5, 5.41) is 0. The number of hydrogen-bond donors (Lipinski definition) is 1. The summed E-state index contributed by atoms with van der Waals surface area (Å²) in [4.78, 5) is 14.7. The van der Waals surface area contributed by atoms with Crippen LogP contribution in [0.4, 0.5) is 0 Å². The summed E-state index contributed by atoms with van der Waals surface area (Å²) in [5.74, 6) is 4.20. The Bertz CT molecular complexity index is 225. The van der Waals surface area contributed by atoms with Crippen molar-refractivity contribution in [1.82, 2.24) is 0 Å². The lowest BCUT2D eigenvalue weighted by molar-refractivity contribution is -0.138. The van der Waals surface area contributed by atoms with Crippen molar-refractivity contribution in [2.45, 2.75) is 33.6 Å². The van der Waals surface area contributed by atoms with Crippen molar-refractivity contribution in [3.05, 3.63) is 23.3 Å². The molecule has 0 heterocycles. The van der Waals surface area contributed by atoms with E-state index in [4.69, 9.17) is 5.90 Å². The summed E-state index contributed by atoms with van der Waals surface area (Å²) >= 11 is 0. The van der Waals surface area contributed by atoms with Gasteiger partial charge in [0.2, 0.25) is 0 Å². The number of hydrogen-bond acceptors (Lipinski definition) is 3. The number of allylic oxidation sites excluding steroid dienone is 3. The number of rotatable bonds is 4. The molecule has 0 aromatic carbocycles. The highest BCUT2D eigenvalue weighted by atomic mass is 16.7. The van der Waals surface area contributed by atoms with Gasteiger partial charge < -0.3 is 4.84 Å². The fourth-order valence-electron chi connectivity index (χ4n) is 0.896. The Morgan fingerprint density at radius 3 is 2.46 bits per heavy atom. The Kier molecular flexibility index (Phi) is 5.89. The molecule has 3 heteroatoms. The molecule has 0 spiro atoms. The van der Waals surface area contributed by atoms with Gasteiger partial charge in [-0.15, -0.1) is 0 Å². The second-order valence-electron chi connectivity index (χ2n) is 3.25. The van der Waals surface area contributed by atoms with Gasteiger partial charge in [-0.1, -0.05) is 17.2 Å². The predicted octanol–water partition coefficient (Wildman–Crippen LogP) is 2.10. The van der Waals surface area contributed by atoms with Crippen LogP contribution >= 0.6 is 0 Å². The Morgan fingerprint density at radius 1 is 1.38 bits per heavy atom. The maximum Gasteiger partial charge on any atom is 0.349 e. The minimum atomic E-state index is -0.491. The molecule has 3 nitrogen and oxygen atoms in total. The van der Waals surface area contributed by atoms with Gasteiger partial charge in [-0.05, 0) is 33.6 Å². The average molecular weight is 183 g/mol. The van der Waals surface area contributed by atoms with E-state index >= 15 is 0 Å². The first kappa shape index (κ1) is 11.9. The van der Waals surface area contributed by atoms with Gasteiger partial charge in [0.05, 0.1) is 0 Å². The largest absolute Gasteiger partial charge is 0.370 e. The van der Waals surface area contributed by atoms with Crippen LogP contribution in [-0.2, 0) is 9.63 Å². The summed E-state index contributed by atoms with van der Waals surface area (Å²) in [7, 11) is 0. The lowest BCUT2D eigenvalue weighted by Crippen LogP contribution is -2.06. The van der Waals surface area contributed by atoms with Crippen LogP contribution in [0.3, 0.4) is 0 Å². The average Bonchev–Trinajstić information content (AvgIpc) is 2.03. The summed E-state index contributed by atoms with van der Waals surface area (Å²) in [6.07, 6.45) is 5.35. The van der Waals surface area contributed by atoms with Crippen molar-refractivity contribution >= 4 is 5.97 Å². The molecular formula is C10H17NO2. The van der Waals surface area contributed by atoms with E-state index < -0.39 is 5.97 Å². The van der Waals surface area contributed by atoms with Gasteiger partial charge in [0.15, 0.2) is 0 Å². The number of nitrogens with two attached hydrogens (primary N) is 1. The monoisotopic (exact) mass is 183 g/mol. The molecule has 0 aromatic heterocycles. The van der Waals surface area contributed by atoms with E-state index in [1.54, 1.807) is 0 Å². The van der Waals surface area contributed by atoms with Crippen LogP contribution in [0.5, 0.6) is 0 Å². The van der Waals surface area contributed by atoms with Crippen molar-refractivity contribution < 1.29 is 9.63 Å². The van der Waals surface area contributed by atoms with Crippen LogP contribution in [0.25, 0.3) is 0 Å². The van der Waals surface area contributed by atoms with Crippen molar-refractivity contribution in [1.29, 1.82) is 0 Å². The normalized spacial score (nSPS) is 10.9. The molecule has 13 heavy (non-hydrogen) atoms. The molecule has 0 rings (SSSR count). The van der Waals surface area contributed by atoms with E-state index in [9.17, 15) is 4.79 Å². The standard InChI is InChI=1S/C10H17NO2/c1-8(2)5-4-6-9(3)7-10(12)13-11/h5,7H,4,6,11H2,1-3H3. The van der Waals surface area contributed by atoms with Crippen LogP contribution in [0.1, 0.15) is 33.6 Å². The zero-order valence-corrected chi connectivity index (χ0v) is 8.46. The minimum Gasteiger partial charge on any atom is -0.370 e. The predicted molar refractivity (Wildman–Crippen MR) is 52.7 cm³/mol. The highest BCUT2D eigenvalue weighted by Crippen LogP contribution is 2.06. The summed E-state index contributed by atoms with van der Waals surface area (Å²) < 4.78 is 0. The smallest absolute Gasteiger partial charge is 0.349 e. The van der Waals surface area contributed by atoms with Gasteiger partial charge in [0.25, 0.3) is 0 Å². The van der Waals surface area contributed by atoms with Crippen LogP contribution in [0.2, 0.25) is 0 Å². The van der Waals surface area contributed by atoms with Gasteiger partial charge in [-0.2, -0.15) is 5.90 Å². The SMILES string of the molecule is CC(C)=CCCC(C)=CC(=O)ON. The number of carbonyl (C=O) groups excluding carboxylic acids is 1. The molecule has 0 aliphatic carbocycles. The highest BCUT2D eigenvalue weighted by Gasteiger charge is 1.95. The minimum absolute atomic E-state index is 0.491. The Labute approximate surface area is 79.2 Å². The zero-order chi connectivity index (χ0) is 10.3. The van der Waals surface area contributed by atoms with Gasteiger partial charge in [0, 0.05) is 6.08 Å². The second kappa shape index (κ2) is 6.43. The van der Waals surface area contributed by atoms with Gasteiger partial charge in [0.1, 0.15) is 0 Å².